The van der Waals surface area contributed by atoms with E-state index in [1.54, 1.807) is 0 Å². The van der Waals surface area contributed by atoms with Gasteiger partial charge in [-0.05, 0) is 12.3 Å². The van der Waals surface area contributed by atoms with Crippen molar-refractivity contribution in [2.45, 2.75) is 90.9 Å². The Balaban J connectivity index is 3.08. The zero-order valence-electron chi connectivity index (χ0n) is 13.0. The Morgan fingerprint density at radius 3 is 1.68 bits per heavy atom. The van der Waals surface area contributed by atoms with Gasteiger partial charge in [-0.1, -0.05) is 84.5 Å². The van der Waals surface area contributed by atoms with Crippen LogP contribution in [-0.4, -0.2) is 14.5 Å². The van der Waals surface area contributed by atoms with E-state index in [-0.39, 0.29) is 0 Å². The van der Waals surface area contributed by atoms with Gasteiger partial charge >= 0.3 is 0 Å². The van der Waals surface area contributed by atoms with Crippen LogP contribution < -0.4 is 0 Å². The molecule has 19 heavy (non-hydrogen) atoms. The van der Waals surface area contributed by atoms with E-state index >= 15 is 0 Å². The highest BCUT2D eigenvalue weighted by Gasteiger charge is 2.05. The molecule has 0 aromatic rings. The molecule has 0 saturated heterocycles. The lowest BCUT2D eigenvalue weighted by Crippen LogP contribution is -2.06. The maximum atomic E-state index is 10.6. The van der Waals surface area contributed by atoms with Gasteiger partial charge in [-0.15, -0.1) is 0 Å². The minimum absolute atomic E-state index is 0.393. The van der Waals surface area contributed by atoms with Crippen molar-refractivity contribution in [3.05, 3.63) is 0 Å². The molecule has 0 heterocycles. The van der Waals surface area contributed by atoms with Crippen LogP contribution in [0.4, 0.5) is 0 Å². The van der Waals surface area contributed by atoms with Crippen molar-refractivity contribution in [1.82, 2.24) is 0 Å². The van der Waals surface area contributed by atoms with E-state index in [0.29, 0.717) is 11.7 Å². The highest BCUT2D eigenvalue weighted by Crippen LogP contribution is 2.14. The molecule has 3 heteroatoms. The Bertz CT molecular complexity index is 207. The van der Waals surface area contributed by atoms with Crippen LogP contribution >= 0.6 is 0 Å². The van der Waals surface area contributed by atoms with Gasteiger partial charge in [0.15, 0.2) is 11.1 Å². The summed E-state index contributed by atoms with van der Waals surface area (Å²) in [5.74, 6) is 0.835. The van der Waals surface area contributed by atoms with Gasteiger partial charge in [-0.2, -0.15) is 0 Å². The van der Waals surface area contributed by atoms with Crippen molar-refractivity contribution in [2.24, 2.45) is 5.92 Å². The predicted octanol–water partition coefficient (Wildman–Crippen LogP) is 5.55. The standard InChI is InChI=1S/C16H34O2S/c1-3-4-5-6-7-8-9-10-11-12-13-14-16(2)15-19(17)18/h16H,3-15H2,1-2H3,(H,17,18). The van der Waals surface area contributed by atoms with Gasteiger partial charge in [-0.3, -0.25) is 0 Å². The van der Waals surface area contributed by atoms with Crippen LogP contribution in [0.15, 0.2) is 0 Å². The second kappa shape index (κ2) is 14.5. The van der Waals surface area contributed by atoms with Crippen LogP contribution in [0.3, 0.4) is 0 Å². The molecule has 0 saturated carbocycles. The van der Waals surface area contributed by atoms with Crippen molar-refractivity contribution in [3.63, 3.8) is 0 Å². The molecular weight excluding hydrogens is 256 g/mol. The number of rotatable bonds is 14. The van der Waals surface area contributed by atoms with Gasteiger partial charge in [0.1, 0.15) is 0 Å². The molecule has 0 aliphatic rings. The third-order valence-corrected chi connectivity index (χ3v) is 4.58. The van der Waals surface area contributed by atoms with Crippen molar-refractivity contribution in [2.75, 3.05) is 5.75 Å². The monoisotopic (exact) mass is 290 g/mol. The van der Waals surface area contributed by atoms with Crippen molar-refractivity contribution >= 4 is 11.1 Å². The largest absolute Gasteiger partial charge is 0.306 e. The zero-order chi connectivity index (χ0) is 14.3. The fourth-order valence-electron chi connectivity index (χ4n) is 2.48. The van der Waals surface area contributed by atoms with Gasteiger partial charge < -0.3 is 4.55 Å². The van der Waals surface area contributed by atoms with Crippen molar-refractivity contribution in [1.29, 1.82) is 0 Å². The molecule has 0 amide bonds. The normalized spacial score (nSPS) is 14.5. The Morgan fingerprint density at radius 2 is 1.26 bits per heavy atom. The maximum Gasteiger partial charge on any atom is 0.153 e. The maximum absolute atomic E-state index is 10.6. The quantitative estimate of drug-likeness (QED) is 0.336. The lowest BCUT2D eigenvalue weighted by atomic mass is 10.0. The third-order valence-electron chi connectivity index (χ3n) is 3.73. The van der Waals surface area contributed by atoms with Gasteiger partial charge in [-0.25, -0.2) is 4.21 Å². The van der Waals surface area contributed by atoms with Crippen molar-refractivity contribution < 1.29 is 8.76 Å². The smallest absolute Gasteiger partial charge is 0.153 e. The molecule has 1 N–H and O–H groups in total. The average Bonchev–Trinajstić information content (AvgIpc) is 2.35. The molecule has 0 aliphatic carbocycles. The summed E-state index contributed by atoms with van der Waals surface area (Å²) in [6.45, 7) is 4.34. The SMILES string of the molecule is CCCCCCCCCCCCCC(C)CS(=O)O. The molecule has 0 spiro atoms. The van der Waals surface area contributed by atoms with Gasteiger partial charge in [0.2, 0.25) is 0 Å². The summed E-state index contributed by atoms with van der Waals surface area (Å²) in [6, 6.07) is 0. The fraction of sp³-hybridized carbons (Fsp3) is 1.00. The summed E-state index contributed by atoms with van der Waals surface area (Å²) < 4.78 is 19.4. The first kappa shape index (κ1) is 19.1. The van der Waals surface area contributed by atoms with Gasteiger partial charge in [0, 0.05) is 0 Å². The van der Waals surface area contributed by atoms with Crippen molar-refractivity contribution in [3.8, 4) is 0 Å². The van der Waals surface area contributed by atoms with Crippen LogP contribution in [0.2, 0.25) is 0 Å². The molecule has 2 atom stereocenters. The van der Waals surface area contributed by atoms with E-state index in [2.05, 4.69) is 13.8 Å². The summed E-state index contributed by atoms with van der Waals surface area (Å²) >= 11 is -1.61. The van der Waals surface area contributed by atoms with E-state index in [9.17, 15) is 4.21 Å². The fourth-order valence-corrected chi connectivity index (χ4v) is 3.14. The molecule has 2 nitrogen and oxygen atoms in total. The van der Waals surface area contributed by atoms with E-state index in [1.165, 1.54) is 70.6 Å². The number of hydrogen-bond acceptors (Lipinski definition) is 1. The number of hydrogen-bond donors (Lipinski definition) is 1. The highest BCUT2D eigenvalue weighted by atomic mass is 32.2. The molecule has 0 radical (unpaired) electrons. The Hall–Kier alpha value is 0.110. The second-order valence-corrected chi connectivity index (χ2v) is 6.89. The van der Waals surface area contributed by atoms with Crippen LogP contribution in [0, 0.1) is 5.92 Å². The highest BCUT2D eigenvalue weighted by molar-refractivity contribution is 7.79. The average molecular weight is 291 g/mol. The third kappa shape index (κ3) is 16.1. The lowest BCUT2D eigenvalue weighted by molar-refractivity contribution is 0.492. The molecule has 0 bridgehead atoms. The lowest BCUT2D eigenvalue weighted by Gasteiger charge is -2.08. The van der Waals surface area contributed by atoms with Gasteiger partial charge in [0.05, 0.1) is 5.75 Å². The van der Waals surface area contributed by atoms with Crippen LogP contribution in [-0.2, 0) is 11.1 Å². The first-order chi connectivity index (χ1) is 9.16. The van der Waals surface area contributed by atoms with Gasteiger partial charge in [0.25, 0.3) is 0 Å². The van der Waals surface area contributed by atoms with E-state index in [0.717, 1.165) is 6.42 Å². The predicted molar refractivity (Wildman–Crippen MR) is 85.9 cm³/mol. The van der Waals surface area contributed by atoms with E-state index < -0.39 is 11.1 Å². The summed E-state index contributed by atoms with van der Waals surface area (Å²) in [5.41, 5.74) is 0. The first-order valence-corrected chi connectivity index (χ1v) is 9.51. The molecule has 0 aromatic carbocycles. The second-order valence-electron chi connectivity index (χ2n) is 5.92. The molecule has 116 valence electrons. The minimum Gasteiger partial charge on any atom is -0.306 e. The molecule has 0 aromatic heterocycles. The first-order valence-electron chi connectivity index (χ1n) is 8.24. The molecule has 0 fully saturated rings. The van der Waals surface area contributed by atoms with Crippen LogP contribution in [0.25, 0.3) is 0 Å². The van der Waals surface area contributed by atoms with E-state index in [4.69, 9.17) is 4.55 Å². The molecule has 2 unspecified atom stereocenters. The number of unbranched alkanes of at least 4 members (excludes halogenated alkanes) is 10. The molecule has 0 aliphatic heterocycles. The topological polar surface area (TPSA) is 37.3 Å². The van der Waals surface area contributed by atoms with Crippen LogP contribution in [0.5, 0.6) is 0 Å². The summed E-state index contributed by atoms with van der Waals surface area (Å²) in [4.78, 5) is 0. The molecule has 0 rings (SSSR count). The minimum atomic E-state index is -1.61. The van der Waals surface area contributed by atoms with Crippen LogP contribution in [0.1, 0.15) is 90.9 Å². The summed E-state index contributed by atoms with van der Waals surface area (Å²) in [7, 11) is 0. The Kier molecular flexibility index (Phi) is 14.6. The molecular formula is C16H34O2S. The zero-order valence-corrected chi connectivity index (χ0v) is 13.8. The Morgan fingerprint density at radius 1 is 0.842 bits per heavy atom. The summed E-state index contributed by atoms with van der Waals surface area (Å²) in [6.07, 6.45) is 16.1. The summed E-state index contributed by atoms with van der Waals surface area (Å²) in [5, 5.41) is 0. The van der Waals surface area contributed by atoms with E-state index in [1.807, 2.05) is 0 Å². The Labute approximate surface area is 123 Å².